The van der Waals surface area contributed by atoms with Crippen molar-refractivity contribution in [2.75, 3.05) is 11.9 Å². The van der Waals surface area contributed by atoms with Crippen molar-refractivity contribution in [2.24, 2.45) is 0 Å². The third-order valence-electron chi connectivity index (χ3n) is 3.05. The predicted molar refractivity (Wildman–Crippen MR) is 63.7 cm³/mol. The summed E-state index contributed by atoms with van der Waals surface area (Å²) in [5.74, 6) is -0.155. The zero-order chi connectivity index (χ0) is 11.7. The number of hydrogen-bond acceptors (Lipinski definition) is 3. The molecule has 0 aromatic heterocycles. The van der Waals surface area contributed by atoms with E-state index in [1.807, 2.05) is 6.92 Å². The maximum Gasteiger partial charge on any atom is 0.328 e. The van der Waals surface area contributed by atoms with E-state index in [0.29, 0.717) is 6.61 Å². The molecule has 0 fully saturated rings. The average molecular weight is 219 g/mol. The van der Waals surface area contributed by atoms with Gasteiger partial charge in [0.1, 0.15) is 6.04 Å². The lowest BCUT2D eigenvalue weighted by atomic mass is 10.0. The highest BCUT2D eigenvalue weighted by Crippen LogP contribution is 2.32. The van der Waals surface area contributed by atoms with E-state index < -0.39 is 0 Å². The second kappa shape index (κ2) is 4.16. The van der Waals surface area contributed by atoms with Gasteiger partial charge in [0.25, 0.3) is 0 Å². The van der Waals surface area contributed by atoms with Crippen molar-refractivity contribution in [3.63, 3.8) is 0 Å². The summed E-state index contributed by atoms with van der Waals surface area (Å²) in [6.07, 6.45) is 0.738. The summed E-state index contributed by atoms with van der Waals surface area (Å²) in [7, 11) is 0. The average Bonchev–Trinajstić information content (AvgIpc) is 2.70. The van der Waals surface area contributed by atoms with Gasteiger partial charge in [-0.1, -0.05) is 12.1 Å². The van der Waals surface area contributed by atoms with Crippen molar-refractivity contribution >= 4 is 11.7 Å². The fourth-order valence-corrected chi connectivity index (χ4v) is 2.15. The van der Waals surface area contributed by atoms with E-state index in [4.69, 9.17) is 4.74 Å². The van der Waals surface area contributed by atoms with Crippen molar-refractivity contribution in [3.05, 3.63) is 28.8 Å². The Morgan fingerprint density at radius 2 is 2.12 bits per heavy atom. The number of carbonyl (C=O) groups excluding carboxylic acids is 1. The van der Waals surface area contributed by atoms with Crippen LogP contribution in [0, 0.1) is 13.8 Å². The van der Waals surface area contributed by atoms with Crippen LogP contribution in [-0.4, -0.2) is 18.6 Å². The first-order chi connectivity index (χ1) is 7.63. The van der Waals surface area contributed by atoms with Gasteiger partial charge in [-0.05, 0) is 37.5 Å². The lowest BCUT2D eigenvalue weighted by Gasteiger charge is -2.10. The Bertz CT molecular complexity index is 395. The summed E-state index contributed by atoms with van der Waals surface area (Å²) in [6, 6.07) is 3.97. The van der Waals surface area contributed by atoms with Gasteiger partial charge in [-0.2, -0.15) is 0 Å². The summed E-state index contributed by atoms with van der Waals surface area (Å²) >= 11 is 0. The van der Waals surface area contributed by atoms with Gasteiger partial charge in [0, 0.05) is 12.1 Å². The number of ether oxygens (including phenoxy) is 1. The topological polar surface area (TPSA) is 38.3 Å². The first kappa shape index (κ1) is 11.0. The number of rotatable bonds is 2. The molecule has 0 bridgehead atoms. The quantitative estimate of drug-likeness (QED) is 0.775. The highest BCUT2D eigenvalue weighted by atomic mass is 16.5. The van der Waals surface area contributed by atoms with Crippen molar-refractivity contribution in [2.45, 2.75) is 33.2 Å². The van der Waals surface area contributed by atoms with Crippen LogP contribution >= 0.6 is 0 Å². The maximum absolute atomic E-state index is 11.7. The number of aryl methyl sites for hydroxylation is 2. The molecule has 1 aliphatic rings. The Kier molecular flexibility index (Phi) is 2.86. The van der Waals surface area contributed by atoms with Gasteiger partial charge in [-0.15, -0.1) is 0 Å². The molecule has 1 aromatic rings. The molecule has 16 heavy (non-hydrogen) atoms. The zero-order valence-electron chi connectivity index (χ0n) is 9.96. The molecule has 0 amide bonds. The third-order valence-corrected chi connectivity index (χ3v) is 3.05. The van der Waals surface area contributed by atoms with Gasteiger partial charge in [0.15, 0.2) is 0 Å². The van der Waals surface area contributed by atoms with Gasteiger partial charge in [0.05, 0.1) is 6.61 Å². The normalized spacial score (nSPS) is 17.8. The van der Waals surface area contributed by atoms with Crippen LogP contribution in [0.4, 0.5) is 5.69 Å². The van der Waals surface area contributed by atoms with E-state index in [-0.39, 0.29) is 12.0 Å². The number of benzene rings is 1. The minimum Gasteiger partial charge on any atom is -0.464 e. The van der Waals surface area contributed by atoms with E-state index in [1.165, 1.54) is 16.7 Å². The van der Waals surface area contributed by atoms with Gasteiger partial charge in [-0.3, -0.25) is 0 Å². The van der Waals surface area contributed by atoms with Crippen molar-refractivity contribution < 1.29 is 9.53 Å². The number of nitrogens with one attached hydrogen (secondary N) is 1. The Balaban J connectivity index is 2.24. The summed E-state index contributed by atoms with van der Waals surface area (Å²) in [5, 5.41) is 3.25. The summed E-state index contributed by atoms with van der Waals surface area (Å²) in [6.45, 7) is 6.40. The number of fused-ring (bicyclic) bond motifs is 1. The van der Waals surface area contributed by atoms with E-state index in [9.17, 15) is 4.79 Å². The fourth-order valence-electron chi connectivity index (χ4n) is 2.15. The van der Waals surface area contributed by atoms with Gasteiger partial charge >= 0.3 is 5.97 Å². The molecule has 0 unspecified atom stereocenters. The molecule has 3 nitrogen and oxygen atoms in total. The van der Waals surface area contributed by atoms with Crippen LogP contribution in [0.2, 0.25) is 0 Å². The molecule has 0 aliphatic carbocycles. The van der Waals surface area contributed by atoms with Crippen molar-refractivity contribution in [3.8, 4) is 0 Å². The molecule has 1 N–H and O–H groups in total. The van der Waals surface area contributed by atoms with E-state index in [2.05, 4.69) is 31.3 Å². The van der Waals surface area contributed by atoms with Gasteiger partial charge in [-0.25, -0.2) is 4.79 Å². The minimum atomic E-state index is -0.213. The number of esters is 1. The maximum atomic E-state index is 11.7. The third kappa shape index (κ3) is 1.77. The molecular weight excluding hydrogens is 202 g/mol. The molecule has 0 spiro atoms. The van der Waals surface area contributed by atoms with E-state index in [1.54, 1.807) is 0 Å². The molecule has 0 radical (unpaired) electrons. The molecule has 0 saturated heterocycles. The Labute approximate surface area is 95.8 Å². The zero-order valence-corrected chi connectivity index (χ0v) is 9.96. The summed E-state index contributed by atoms with van der Waals surface area (Å²) in [4.78, 5) is 11.7. The molecular formula is C13H17NO2. The van der Waals surface area contributed by atoms with Crippen LogP contribution in [0.25, 0.3) is 0 Å². The van der Waals surface area contributed by atoms with Crippen LogP contribution in [-0.2, 0) is 16.0 Å². The smallest absolute Gasteiger partial charge is 0.328 e. The van der Waals surface area contributed by atoms with Crippen LogP contribution in [0.1, 0.15) is 23.6 Å². The summed E-state index contributed by atoms with van der Waals surface area (Å²) < 4.78 is 5.04. The molecule has 1 aliphatic heterocycles. The predicted octanol–water partition coefficient (Wildman–Crippen LogP) is 2.20. The lowest BCUT2D eigenvalue weighted by Crippen LogP contribution is -2.29. The molecule has 2 rings (SSSR count). The van der Waals surface area contributed by atoms with Crippen molar-refractivity contribution in [1.29, 1.82) is 0 Å². The summed E-state index contributed by atoms with van der Waals surface area (Å²) in [5.41, 5.74) is 4.78. The number of anilines is 1. The number of hydrogen-bond donors (Lipinski definition) is 1. The molecule has 1 aromatic carbocycles. The van der Waals surface area contributed by atoms with Crippen LogP contribution in [0.15, 0.2) is 12.1 Å². The SMILES string of the molecule is CCOC(=O)[C@H]1Cc2c(C)ccc(C)c2N1. The largest absolute Gasteiger partial charge is 0.464 e. The standard InChI is InChI=1S/C13H17NO2/c1-4-16-13(15)11-7-10-8(2)5-6-9(3)12(10)14-11/h5-6,11,14H,4,7H2,1-3H3/t11-/m1/s1. The second-order valence-electron chi connectivity index (χ2n) is 4.21. The molecule has 1 heterocycles. The first-order valence-corrected chi connectivity index (χ1v) is 5.65. The van der Waals surface area contributed by atoms with Gasteiger partial charge in [0.2, 0.25) is 0 Å². The van der Waals surface area contributed by atoms with Crippen LogP contribution < -0.4 is 5.32 Å². The number of carbonyl (C=O) groups is 1. The highest BCUT2D eigenvalue weighted by molar-refractivity contribution is 5.84. The molecule has 86 valence electrons. The monoisotopic (exact) mass is 219 g/mol. The lowest BCUT2D eigenvalue weighted by molar-refractivity contribution is -0.143. The van der Waals surface area contributed by atoms with E-state index >= 15 is 0 Å². The van der Waals surface area contributed by atoms with E-state index in [0.717, 1.165) is 12.1 Å². The Hall–Kier alpha value is -1.51. The molecule has 1 atom stereocenters. The highest BCUT2D eigenvalue weighted by Gasteiger charge is 2.29. The van der Waals surface area contributed by atoms with Gasteiger partial charge < -0.3 is 10.1 Å². The Morgan fingerprint density at radius 3 is 2.75 bits per heavy atom. The van der Waals surface area contributed by atoms with Crippen LogP contribution in [0.3, 0.4) is 0 Å². The molecule has 0 saturated carbocycles. The molecule has 3 heteroatoms. The first-order valence-electron chi connectivity index (χ1n) is 5.65. The minimum absolute atomic E-state index is 0.155. The fraction of sp³-hybridized carbons (Fsp3) is 0.462. The van der Waals surface area contributed by atoms with Crippen molar-refractivity contribution in [1.82, 2.24) is 0 Å². The Morgan fingerprint density at radius 1 is 1.44 bits per heavy atom. The second-order valence-corrected chi connectivity index (χ2v) is 4.21. The van der Waals surface area contributed by atoms with Crippen LogP contribution in [0.5, 0.6) is 0 Å².